The Labute approximate surface area is 127 Å². The molecule has 1 aromatic carbocycles. The highest BCUT2D eigenvalue weighted by molar-refractivity contribution is 7.80. The molecule has 0 aromatic heterocycles. The summed E-state index contributed by atoms with van der Waals surface area (Å²) < 4.78 is 0. The lowest BCUT2D eigenvalue weighted by atomic mass is 9.78. The van der Waals surface area contributed by atoms with Crippen molar-refractivity contribution >= 4 is 22.9 Å². The fraction of sp³-hybridized carbons (Fsp3) is 0.588. The van der Waals surface area contributed by atoms with Gasteiger partial charge in [0.2, 0.25) is 0 Å². The summed E-state index contributed by atoms with van der Waals surface area (Å²) in [6.07, 6.45) is 8.20. The third kappa shape index (κ3) is 2.56. The lowest BCUT2D eigenvalue weighted by molar-refractivity contribution is 0.244. The van der Waals surface area contributed by atoms with Crippen LogP contribution in [0, 0.1) is 12.8 Å². The summed E-state index contributed by atoms with van der Waals surface area (Å²) in [4.78, 5) is 3.13. The van der Waals surface area contributed by atoms with E-state index in [2.05, 4.69) is 30.0 Å². The number of hydrogen-bond donors (Lipinski definition) is 1. The minimum absolute atomic E-state index is 0.529. The Morgan fingerprint density at radius 1 is 1.20 bits per heavy atom. The van der Waals surface area contributed by atoms with Crippen LogP contribution in [0.1, 0.15) is 49.7 Å². The van der Waals surface area contributed by atoms with Gasteiger partial charge in [0, 0.05) is 23.8 Å². The van der Waals surface area contributed by atoms with E-state index in [1.54, 1.807) is 0 Å². The Hall–Kier alpha value is -1.09. The van der Waals surface area contributed by atoms with Crippen LogP contribution in [-0.4, -0.2) is 17.6 Å². The van der Waals surface area contributed by atoms with Gasteiger partial charge in [0.15, 0.2) is 0 Å². The van der Waals surface area contributed by atoms with Gasteiger partial charge in [0.05, 0.1) is 0 Å². The molecule has 1 aromatic rings. The van der Waals surface area contributed by atoms with Crippen LogP contribution in [0.15, 0.2) is 18.2 Å². The van der Waals surface area contributed by atoms with Gasteiger partial charge in [-0.25, -0.2) is 0 Å². The number of piperidine rings is 1. The molecule has 2 nitrogen and oxygen atoms in total. The van der Waals surface area contributed by atoms with Gasteiger partial charge in [-0.3, -0.25) is 0 Å². The summed E-state index contributed by atoms with van der Waals surface area (Å²) in [5.74, 6) is 0.873. The Balaban J connectivity index is 1.96. The first-order chi connectivity index (χ1) is 9.66. The summed E-state index contributed by atoms with van der Waals surface area (Å²) in [5, 5.41) is 0. The summed E-state index contributed by atoms with van der Waals surface area (Å²) in [6, 6.07) is 7.25. The number of aryl methyl sites for hydroxylation is 1. The zero-order valence-corrected chi connectivity index (χ0v) is 13.1. The third-order valence-corrected chi connectivity index (χ3v) is 5.19. The van der Waals surface area contributed by atoms with E-state index in [1.165, 1.54) is 49.8 Å². The smallest absolute Gasteiger partial charge is 0.106 e. The van der Waals surface area contributed by atoms with Gasteiger partial charge < -0.3 is 10.6 Å². The second-order valence-electron chi connectivity index (χ2n) is 6.33. The largest absolute Gasteiger partial charge is 0.389 e. The molecule has 0 spiro atoms. The van der Waals surface area contributed by atoms with E-state index in [1.807, 2.05) is 0 Å². The Kier molecular flexibility index (Phi) is 3.97. The number of fused-ring (bicyclic) bond motifs is 1. The van der Waals surface area contributed by atoms with Crippen LogP contribution in [-0.2, 0) is 0 Å². The quantitative estimate of drug-likeness (QED) is 0.840. The van der Waals surface area contributed by atoms with Crippen LogP contribution in [0.2, 0.25) is 0 Å². The molecule has 0 unspecified atom stereocenters. The lowest BCUT2D eigenvalue weighted by Gasteiger charge is -2.46. The summed E-state index contributed by atoms with van der Waals surface area (Å²) in [5.41, 5.74) is 9.52. The van der Waals surface area contributed by atoms with Gasteiger partial charge in [0.25, 0.3) is 0 Å². The minimum Gasteiger partial charge on any atom is -0.389 e. The highest BCUT2D eigenvalue weighted by Crippen LogP contribution is 2.38. The van der Waals surface area contributed by atoms with Crippen molar-refractivity contribution in [3.8, 4) is 0 Å². The lowest BCUT2D eigenvalue weighted by Crippen LogP contribution is -2.47. The number of nitrogens with two attached hydrogens (primary N) is 1. The first kappa shape index (κ1) is 13.9. The molecule has 0 radical (unpaired) electrons. The molecule has 0 amide bonds. The van der Waals surface area contributed by atoms with Crippen molar-refractivity contribution in [3.63, 3.8) is 0 Å². The molecule has 2 aliphatic rings. The van der Waals surface area contributed by atoms with Crippen molar-refractivity contribution in [3.05, 3.63) is 29.3 Å². The van der Waals surface area contributed by atoms with Crippen molar-refractivity contribution in [1.29, 1.82) is 0 Å². The predicted molar refractivity (Wildman–Crippen MR) is 89.4 cm³/mol. The van der Waals surface area contributed by atoms with Gasteiger partial charge >= 0.3 is 0 Å². The molecule has 1 aliphatic carbocycles. The van der Waals surface area contributed by atoms with Crippen LogP contribution in [0.4, 0.5) is 5.69 Å². The summed E-state index contributed by atoms with van der Waals surface area (Å²) >= 11 is 5.28. The molecular formula is C17H24N2S. The van der Waals surface area contributed by atoms with Crippen LogP contribution in [0.3, 0.4) is 0 Å². The monoisotopic (exact) mass is 288 g/mol. The SMILES string of the molecule is Cc1ccc(N2CCC[C@H]3CCCC[C@H]32)c(C(N)=S)c1. The first-order valence-corrected chi connectivity index (χ1v) is 8.25. The molecule has 2 fully saturated rings. The number of hydrogen-bond acceptors (Lipinski definition) is 2. The van der Waals surface area contributed by atoms with E-state index in [-0.39, 0.29) is 0 Å². The van der Waals surface area contributed by atoms with E-state index >= 15 is 0 Å². The molecule has 20 heavy (non-hydrogen) atoms. The Bertz CT molecular complexity index is 510. The van der Waals surface area contributed by atoms with E-state index in [0.717, 1.165) is 18.0 Å². The topological polar surface area (TPSA) is 29.3 Å². The maximum Gasteiger partial charge on any atom is 0.106 e. The number of benzene rings is 1. The average Bonchev–Trinajstić information content (AvgIpc) is 2.46. The number of thiocarbonyl (C=S) groups is 1. The van der Waals surface area contributed by atoms with Gasteiger partial charge in [-0.1, -0.05) is 36.7 Å². The van der Waals surface area contributed by atoms with Crippen molar-refractivity contribution in [2.45, 2.75) is 51.5 Å². The number of rotatable bonds is 2. The number of anilines is 1. The average molecular weight is 288 g/mol. The second kappa shape index (κ2) is 5.72. The maximum atomic E-state index is 5.96. The normalized spacial score (nSPS) is 26.1. The maximum absolute atomic E-state index is 5.96. The zero-order chi connectivity index (χ0) is 14.1. The summed E-state index contributed by atoms with van der Waals surface area (Å²) in [6.45, 7) is 3.25. The van der Waals surface area contributed by atoms with Crippen LogP contribution >= 0.6 is 12.2 Å². The van der Waals surface area contributed by atoms with Gasteiger partial charge in [-0.05, 0) is 50.7 Å². The van der Waals surface area contributed by atoms with Crippen molar-refractivity contribution in [1.82, 2.24) is 0 Å². The molecule has 2 atom stereocenters. The minimum atomic E-state index is 0.529. The molecular weight excluding hydrogens is 264 g/mol. The third-order valence-electron chi connectivity index (χ3n) is 4.97. The predicted octanol–water partition coefficient (Wildman–Crippen LogP) is 3.79. The Morgan fingerprint density at radius 3 is 2.75 bits per heavy atom. The molecule has 2 N–H and O–H groups in total. The van der Waals surface area contributed by atoms with Crippen LogP contribution in [0.5, 0.6) is 0 Å². The zero-order valence-electron chi connectivity index (χ0n) is 12.3. The van der Waals surface area contributed by atoms with Gasteiger partial charge in [-0.2, -0.15) is 0 Å². The fourth-order valence-corrected chi connectivity index (χ4v) is 4.19. The molecule has 0 bridgehead atoms. The van der Waals surface area contributed by atoms with Gasteiger partial charge in [0.1, 0.15) is 4.99 Å². The molecule has 1 saturated carbocycles. The highest BCUT2D eigenvalue weighted by Gasteiger charge is 2.34. The van der Waals surface area contributed by atoms with Crippen LogP contribution < -0.4 is 10.6 Å². The summed E-state index contributed by atoms with van der Waals surface area (Å²) in [7, 11) is 0. The Morgan fingerprint density at radius 2 is 1.95 bits per heavy atom. The molecule has 1 heterocycles. The number of nitrogens with zero attached hydrogens (tertiary/aromatic N) is 1. The first-order valence-electron chi connectivity index (χ1n) is 7.84. The van der Waals surface area contributed by atoms with Crippen molar-refractivity contribution < 1.29 is 0 Å². The van der Waals surface area contributed by atoms with E-state index in [9.17, 15) is 0 Å². The molecule has 3 heteroatoms. The standard InChI is InChI=1S/C17H24N2S/c1-12-8-9-16(14(11-12)17(18)20)19-10-4-6-13-5-2-3-7-15(13)19/h8-9,11,13,15H,2-7,10H2,1H3,(H2,18,20)/t13-,15-/m1/s1. The van der Waals surface area contributed by atoms with E-state index in [0.29, 0.717) is 11.0 Å². The van der Waals surface area contributed by atoms with Crippen LogP contribution in [0.25, 0.3) is 0 Å². The molecule has 1 saturated heterocycles. The highest BCUT2D eigenvalue weighted by atomic mass is 32.1. The van der Waals surface area contributed by atoms with Crippen molar-refractivity contribution in [2.24, 2.45) is 11.7 Å². The van der Waals surface area contributed by atoms with Gasteiger partial charge in [-0.15, -0.1) is 0 Å². The van der Waals surface area contributed by atoms with E-state index in [4.69, 9.17) is 18.0 Å². The van der Waals surface area contributed by atoms with Crippen molar-refractivity contribution in [2.75, 3.05) is 11.4 Å². The molecule has 108 valence electrons. The molecule has 1 aliphatic heterocycles. The molecule has 3 rings (SSSR count). The fourth-order valence-electron chi connectivity index (χ4n) is 4.02. The second-order valence-corrected chi connectivity index (χ2v) is 6.77. The van der Waals surface area contributed by atoms with E-state index < -0.39 is 0 Å².